The molecule has 29 heavy (non-hydrogen) atoms. The summed E-state index contributed by atoms with van der Waals surface area (Å²) in [6.07, 6.45) is 3.22. The van der Waals surface area contributed by atoms with E-state index in [9.17, 15) is 13.2 Å². The standard InChI is InChI=1S/C21H26N2O5S/c1-16-7-3-4-11-20(16)23(29(2,25)26)14-21(24)22-17-8-5-9-18(13-17)28-15-19-10-6-12-27-19/h3-5,7-9,11,13,19H,6,10,12,14-15H2,1-2H3,(H,22,24). The van der Waals surface area contributed by atoms with Crippen LogP contribution in [0.25, 0.3) is 0 Å². The van der Waals surface area contributed by atoms with Crippen LogP contribution in [0.4, 0.5) is 11.4 Å². The largest absolute Gasteiger partial charge is 0.491 e. The highest BCUT2D eigenvalue weighted by molar-refractivity contribution is 7.92. The lowest BCUT2D eigenvalue weighted by Gasteiger charge is -2.23. The summed E-state index contributed by atoms with van der Waals surface area (Å²) in [5.41, 5.74) is 1.80. The van der Waals surface area contributed by atoms with Crippen molar-refractivity contribution >= 4 is 27.3 Å². The summed E-state index contributed by atoms with van der Waals surface area (Å²) in [7, 11) is -3.62. The molecule has 8 heteroatoms. The van der Waals surface area contributed by atoms with Crippen molar-refractivity contribution in [2.75, 3.05) is 35.6 Å². The minimum absolute atomic E-state index is 0.102. The molecule has 3 rings (SSSR count). The molecule has 1 heterocycles. The molecule has 0 aliphatic carbocycles. The Labute approximate surface area is 171 Å². The summed E-state index contributed by atoms with van der Waals surface area (Å²) >= 11 is 0. The third-order valence-electron chi connectivity index (χ3n) is 4.65. The number of carbonyl (C=O) groups is 1. The first-order chi connectivity index (χ1) is 13.8. The Hall–Kier alpha value is -2.58. The number of aryl methyl sites for hydroxylation is 1. The van der Waals surface area contributed by atoms with Gasteiger partial charge in [0.2, 0.25) is 15.9 Å². The fourth-order valence-corrected chi connectivity index (χ4v) is 4.10. The number of carbonyl (C=O) groups excluding carboxylic acids is 1. The second-order valence-electron chi connectivity index (χ2n) is 7.08. The first-order valence-corrected chi connectivity index (χ1v) is 11.4. The third-order valence-corrected chi connectivity index (χ3v) is 5.78. The Kier molecular flexibility index (Phi) is 6.76. The number of hydrogen-bond acceptors (Lipinski definition) is 5. The van der Waals surface area contributed by atoms with Crippen LogP contribution in [0.5, 0.6) is 5.75 Å². The maximum atomic E-state index is 12.6. The second kappa shape index (κ2) is 9.28. The molecule has 2 aromatic carbocycles. The average Bonchev–Trinajstić information content (AvgIpc) is 3.18. The molecule has 0 aromatic heterocycles. The Morgan fingerprint density at radius 2 is 2.03 bits per heavy atom. The Morgan fingerprint density at radius 3 is 2.72 bits per heavy atom. The van der Waals surface area contributed by atoms with Gasteiger partial charge in [0.05, 0.1) is 18.0 Å². The molecule has 1 fully saturated rings. The molecule has 0 bridgehead atoms. The lowest BCUT2D eigenvalue weighted by molar-refractivity contribution is -0.114. The number of hydrogen-bond donors (Lipinski definition) is 1. The smallest absolute Gasteiger partial charge is 0.245 e. The number of nitrogens with one attached hydrogen (secondary N) is 1. The van der Waals surface area contributed by atoms with E-state index >= 15 is 0 Å². The van der Waals surface area contributed by atoms with Crippen molar-refractivity contribution in [2.45, 2.75) is 25.9 Å². The summed E-state index contributed by atoms with van der Waals surface area (Å²) in [6, 6.07) is 14.1. The van der Waals surface area contributed by atoms with Crippen LogP contribution in [-0.2, 0) is 19.6 Å². The van der Waals surface area contributed by atoms with E-state index < -0.39 is 15.9 Å². The SMILES string of the molecule is Cc1ccccc1N(CC(=O)Nc1cccc(OCC2CCCO2)c1)S(C)(=O)=O. The van der Waals surface area contributed by atoms with Gasteiger partial charge in [-0.2, -0.15) is 0 Å². The van der Waals surface area contributed by atoms with E-state index in [2.05, 4.69) is 5.32 Å². The highest BCUT2D eigenvalue weighted by Crippen LogP contribution is 2.23. The monoisotopic (exact) mass is 418 g/mol. The van der Waals surface area contributed by atoms with Crippen LogP contribution in [0, 0.1) is 6.92 Å². The van der Waals surface area contributed by atoms with Crippen molar-refractivity contribution in [3.63, 3.8) is 0 Å². The van der Waals surface area contributed by atoms with Gasteiger partial charge < -0.3 is 14.8 Å². The number of sulfonamides is 1. The van der Waals surface area contributed by atoms with E-state index in [-0.39, 0.29) is 12.6 Å². The van der Waals surface area contributed by atoms with E-state index in [1.807, 2.05) is 6.07 Å². The van der Waals surface area contributed by atoms with Crippen molar-refractivity contribution < 1.29 is 22.7 Å². The van der Waals surface area contributed by atoms with E-state index in [4.69, 9.17) is 9.47 Å². The predicted octanol–water partition coefficient (Wildman–Crippen LogP) is 2.96. The summed E-state index contributed by atoms with van der Waals surface area (Å²) < 4.78 is 36.9. The van der Waals surface area contributed by atoms with Gasteiger partial charge in [-0.25, -0.2) is 8.42 Å². The first-order valence-electron chi connectivity index (χ1n) is 9.50. The number of amides is 1. The molecule has 0 spiro atoms. The van der Waals surface area contributed by atoms with Gasteiger partial charge in [-0.05, 0) is 43.5 Å². The quantitative estimate of drug-likeness (QED) is 0.712. The fourth-order valence-electron chi connectivity index (χ4n) is 3.18. The van der Waals surface area contributed by atoms with Crippen molar-refractivity contribution in [3.05, 3.63) is 54.1 Å². The molecule has 1 N–H and O–H groups in total. The second-order valence-corrected chi connectivity index (χ2v) is 8.98. The molecule has 1 aliphatic rings. The van der Waals surface area contributed by atoms with Crippen LogP contribution in [0.1, 0.15) is 18.4 Å². The number of nitrogens with zero attached hydrogens (tertiary/aromatic N) is 1. The van der Waals surface area contributed by atoms with Gasteiger partial charge in [0, 0.05) is 18.4 Å². The molecule has 2 aromatic rings. The van der Waals surface area contributed by atoms with Crippen LogP contribution in [0.3, 0.4) is 0 Å². The van der Waals surface area contributed by atoms with Gasteiger partial charge in [-0.15, -0.1) is 0 Å². The number of para-hydroxylation sites is 1. The molecule has 0 radical (unpaired) electrons. The molecule has 1 unspecified atom stereocenters. The zero-order valence-electron chi connectivity index (χ0n) is 16.6. The fraction of sp³-hybridized carbons (Fsp3) is 0.381. The number of anilines is 2. The van der Waals surface area contributed by atoms with Crippen molar-refractivity contribution in [1.82, 2.24) is 0 Å². The number of rotatable bonds is 8. The normalized spacial score (nSPS) is 16.4. The Morgan fingerprint density at radius 1 is 1.24 bits per heavy atom. The zero-order valence-corrected chi connectivity index (χ0v) is 17.4. The topological polar surface area (TPSA) is 84.9 Å². The maximum absolute atomic E-state index is 12.6. The van der Waals surface area contributed by atoms with Gasteiger partial charge in [0.1, 0.15) is 18.9 Å². The molecule has 0 saturated carbocycles. The summed E-state index contributed by atoms with van der Waals surface area (Å²) in [5.74, 6) is 0.187. The van der Waals surface area contributed by atoms with E-state index in [0.717, 1.165) is 35.6 Å². The van der Waals surface area contributed by atoms with Crippen molar-refractivity contribution in [3.8, 4) is 5.75 Å². The minimum Gasteiger partial charge on any atom is -0.491 e. The van der Waals surface area contributed by atoms with Crippen LogP contribution < -0.4 is 14.4 Å². The van der Waals surface area contributed by atoms with Crippen LogP contribution >= 0.6 is 0 Å². The van der Waals surface area contributed by atoms with E-state index in [1.54, 1.807) is 49.4 Å². The van der Waals surface area contributed by atoms with E-state index in [1.165, 1.54) is 0 Å². The highest BCUT2D eigenvalue weighted by atomic mass is 32.2. The van der Waals surface area contributed by atoms with Gasteiger partial charge >= 0.3 is 0 Å². The lowest BCUT2D eigenvalue weighted by Crippen LogP contribution is -2.37. The summed E-state index contributed by atoms with van der Waals surface area (Å²) in [6.45, 7) is 2.72. The molecule has 1 atom stereocenters. The maximum Gasteiger partial charge on any atom is 0.245 e. The lowest BCUT2D eigenvalue weighted by atomic mass is 10.2. The molecule has 1 aliphatic heterocycles. The van der Waals surface area contributed by atoms with Gasteiger partial charge in [-0.3, -0.25) is 9.10 Å². The molecular formula is C21H26N2O5S. The zero-order chi connectivity index (χ0) is 20.9. The molecule has 1 saturated heterocycles. The van der Waals surface area contributed by atoms with Crippen molar-refractivity contribution in [2.24, 2.45) is 0 Å². The molecule has 1 amide bonds. The van der Waals surface area contributed by atoms with Gasteiger partial charge in [0.15, 0.2) is 0 Å². The van der Waals surface area contributed by atoms with Gasteiger partial charge in [-0.1, -0.05) is 24.3 Å². The average molecular weight is 419 g/mol. The Bertz CT molecular complexity index is 955. The molecule has 156 valence electrons. The molecular weight excluding hydrogens is 392 g/mol. The summed E-state index contributed by atoms with van der Waals surface area (Å²) in [4.78, 5) is 12.6. The highest BCUT2D eigenvalue weighted by Gasteiger charge is 2.22. The van der Waals surface area contributed by atoms with Gasteiger partial charge in [0.25, 0.3) is 0 Å². The number of ether oxygens (including phenoxy) is 2. The van der Waals surface area contributed by atoms with Crippen LogP contribution in [0.15, 0.2) is 48.5 Å². The molecule has 7 nitrogen and oxygen atoms in total. The summed E-state index contributed by atoms with van der Waals surface area (Å²) in [5, 5.41) is 2.75. The van der Waals surface area contributed by atoms with E-state index in [0.29, 0.717) is 23.7 Å². The predicted molar refractivity (Wildman–Crippen MR) is 113 cm³/mol. The third kappa shape index (κ3) is 5.95. The number of benzene rings is 2. The van der Waals surface area contributed by atoms with Crippen LogP contribution in [-0.4, -0.2) is 46.4 Å². The van der Waals surface area contributed by atoms with Crippen molar-refractivity contribution in [1.29, 1.82) is 0 Å². The Balaban J connectivity index is 1.65. The minimum atomic E-state index is -3.62. The van der Waals surface area contributed by atoms with Crippen LogP contribution in [0.2, 0.25) is 0 Å². The first kappa shape index (κ1) is 21.1.